The van der Waals surface area contributed by atoms with Crippen molar-refractivity contribution in [2.45, 2.75) is 38.3 Å². The van der Waals surface area contributed by atoms with E-state index in [1.54, 1.807) is 6.33 Å². The van der Waals surface area contributed by atoms with Gasteiger partial charge in [0.2, 0.25) is 5.91 Å². The molecule has 0 bridgehead atoms. The van der Waals surface area contributed by atoms with E-state index in [1.165, 1.54) is 17.3 Å². The minimum atomic E-state index is 0.0413. The highest BCUT2D eigenvalue weighted by atomic mass is 32.2. The molecule has 0 unspecified atom stereocenters. The van der Waals surface area contributed by atoms with E-state index in [-0.39, 0.29) is 5.91 Å². The molecular weight excluding hydrogens is 296 g/mol. The van der Waals surface area contributed by atoms with Gasteiger partial charge in [-0.15, -0.1) is 10.2 Å². The summed E-state index contributed by atoms with van der Waals surface area (Å²) in [4.78, 5) is 11.8. The molecule has 0 aliphatic rings. The number of nitrogens with zero attached hydrogens (tertiary/aromatic N) is 3. The predicted octanol–water partition coefficient (Wildman–Crippen LogP) is 2.97. The number of hydrogen-bond donors (Lipinski definition) is 1. The molecule has 0 fully saturated rings. The van der Waals surface area contributed by atoms with Gasteiger partial charge >= 0.3 is 0 Å². The van der Waals surface area contributed by atoms with E-state index in [0.29, 0.717) is 5.75 Å². The van der Waals surface area contributed by atoms with Crippen molar-refractivity contribution in [3.63, 3.8) is 0 Å². The first kappa shape index (κ1) is 16.5. The van der Waals surface area contributed by atoms with Crippen molar-refractivity contribution in [1.82, 2.24) is 20.1 Å². The largest absolute Gasteiger partial charge is 0.355 e. The lowest BCUT2D eigenvalue weighted by molar-refractivity contribution is -0.118. The zero-order valence-electron chi connectivity index (χ0n) is 13.1. The molecule has 0 aliphatic heterocycles. The van der Waals surface area contributed by atoms with Crippen molar-refractivity contribution < 1.29 is 4.79 Å². The van der Waals surface area contributed by atoms with Crippen LogP contribution in [0.15, 0.2) is 35.7 Å². The number of thioether (sulfide) groups is 1. The summed E-state index contributed by atoms with van der Waals surface area (Å²) in [5.41, 5.74) is 2.21. The molecule has 1 heterocycles. The van der Waals surface area contributed by atoms with Gasteiger partial charge in [0.05, 0.1) is 5.75 Å². The Bertz CT molecular complexity index is 594. The van der Waals surface area contributed by atoms with Crippen LogP contribution in [0.5, 0.6) is 0 Å². The predicted molar refractivity (Wildman–Crippen MR) is 89.4 cm³/mol. The molecule has 0 atom stereocenters. The molecule has 1 amide bonds. The van der Waals surface area contributed by atoms with Gasteiger partial charge < -0.3 is 5.32 Å². The molecule has 2 rings (SSSR count). The highest BCUT2D eigenvalue weighted by Crippen LogP contribution is 2.19. The molecule has 118 valence electrons. The number of unbranched alkanes of at least 4 members (excludes halogenated alkanes) is 2. The fraction of sp³-hybridized carbons (Fsp3) is 0.438. The normalized spacial score (nSPS) is 10.6. The number of carbonyl (C=O) groups excluding carboxylic acids is 1. The van der Waals surface area contributed by atoms with Crippen LogP contribution >= 0.6 is 11.8 Å². The smallest absolute Gasteiger partial charge is 0.230 e. The second-order valence-corrected chi connectivity index (χ2v) is 6.11. The van der Waals surface area contributed by atoms with Gasteiger partial charge in [-0.25, -0.2) is 0 Å². The van der Waals surface area contributed by atoms with E-state index < -0.39 is 0 Å². The van der Waals surface area contributed by atoms with Crippen molar-refractivity contribution in [2.75, 3.05) is 12.3 Å². The van der Waals surface area contributed by atoms with Crippen molar-refractivity contribution in [1.29, 1.82) is 0 Å². The average molecular weight is 318 g/mol. The van der Waals surface area contributed by atoms with Crippen LogP contribution in [0.2, 0.25) is 0 Å². The number of amides is 1. The van der Waals surface area contributed by atoms with Crippen molar-refractivity contribution >= 4 is 17.7 Å². The van der Waals surface area contributed by atoms with E-state index in [1.807, 2.05) is 28.8 Å². The summed E-state index contributed by atoms with van der Waals surface area (Å²) in [5.74, 6) is 0.399. The molecule has 6 heteroatoms. The number of hydrogen-bond acceptors (Lipinski definition) is 4. The Balaban J connectivity index is 1.88. The highest BCUT2D eigenvalue weighted by molar-refractivity contribution is 7.99. The van der Waals surface area contributed by atoms with Crippen molar-refractivity contribution in [3.05, 3.63) is 36.2 Å². The van der Waals surface area contributed by atoms with Crippen LogP contribution in [0.3, 0.4) is 0 Å². The minimum absolute atomic E-state index is 0.0413. The third-order valence-electron chi connectivity index (χ3n) is 3.26. The van der Waals surface area contributed by atoms with Gasteiger partial charge in [-0.3, -0.25) is 9.36 Å². The topological polar surface area (TPSA) is 59.8 Å². The summed E-state index contributed by atoms with van der Waals surface area (Å²) in [6.45, 7) is 4.95. The van der Waals surface area contributed by atoms with Gasteiger partial charge in [-0.05, 0) is 25.5 Å². The zero-order valence-corrected chi connectivity index (χ0v) is 13.9. The number of carbonyl (C=O) groups is 1. The van der Waals surface area contributed by atoms with E-state index in [2.05, 4.69) is 29.4 Å². The van der Waals surface area contributed by atoms with E-state index in [4.69, 9.17) is 0 Å². The van der Waals surface area contributed by atoms with Crippen molar-refractivity contribution in [3.8, 4) is 5.69 Å². The Kier molecular flexibility index (Phi) is 6.45. The van der Waals surface area contributed by atoms with Crippen LogP contribution in [0.1, 0.15) is 31.7 Å². The number of rotatable bonds is 8. The summed E-state index contributed by atoms with van der Waals surface area (Å²) in [6, 6.07) is 8.13. The van der Waals surface area contributed by atoms with Gasteiger partial charge in [0, 0.05) is 12.2 Å². The third kappa shape index (κ3) is 4.87. The van der Waals surface area contributed by atoms with Gasteiger partial charge in [0.25, 0.3) is 0 Å². The van der Waals surface area contributed by atoms with Crippen LogP contribution in [0.25, 0.3) is 5.69 Å². The van der Waals surface area contributed by atoms with Crippen molar-refractivity contribution in [2.24, 2.45) is 0 Å². The molecular formula is C16H22N4OS. The lowest BCUT2D eigenvalue weighted by atomic mass is 10.2. The maximum absolute atomic E-state index is 11.8. The standard InChI is InChI=1S/C16H22N4OS/c1-3-4-5-10-17-15(21)11-22-16-19-18-12-20(16)14-8-6-13(2)7-9-14/h6-9,12H,3-5,10-11H2,1-2H3,(H,17,21). The Morgan fingerprint density at radius 2 is 2.05 bits per heavy atom. The van der Waals surface area contributed by atoms with Crippen LogP contribution < -0.4 is 5.32 Å². The second-order valence-electron chi connectivity index (χ2n) is 5.16. The Morgan fingerprint density at radius 1 is 1.27 bits per heavy atom. The molecule has 0 spiro atoms. The Hall–Kier alpha value is -1.82. The molecule has 22 heavy (non-hydrogen) atoms. The molecule has 1 aromatic carbocycles. The van der Waals surface area contributed by atoms with E-state index >= 15 is 0 Å². The molecule has 1 aromatic heterocycles. The lowest BCUT2D eigenvalue weighted by Gasteiger charge is -2.07. The van der Waals surface area contributed by atoms with Crippen LogP contribution in [0, 0.1) is 6.92 Å². The van der Waals surface area contributed by atoms with Gasteiger partial charge in [0.1, 0.15) is 6.33 Å². The Labute approximate surface area is 135 Å². The first-order chi connectivity index (χ1) is 10.7. The van der Waals surface area contributed by atoms with Gasteiger partial charge in [0.15, 0.2) is 5.16 Å². The second kappa shape index (κ2) is 8.58. The molecule has 2 aromatic rings. The minimum Gasteiger partial charge on any atom is -0.355 e. The van der Waals surface area contributed by atoms with Crippen LogP contribution in [-0.2, 0) is 4.79 Å². The number of benzene rings is 1. The van der Waals surface area contributed by atoms with Crippen LogP contribution in [0.4, 0.5) is 0 Å². The summed E-state index contributed by atoms with van der Waals surface area (Å²) >= 11 is 1.40. The monoisotopic (exact) mass is 318 g/mol. The third-order valence-corrected chi connectivity index (χ3v) is 4.21. The molecule has 5 nitrogen and oxygen atoms in total. The summed E-state index contributed by atoms with van der Waals surface area (Å²) in [7, 11) is 0. The first-order valence-electron chi connectivity index (χ1n) is 7.57. The Morgan fingerprint density at radius 3 is 2.77 bits per heavy atom. The molecule has 0 saturated heterocycles. The summed E-state index contributed by atoms with van der Waals surface area (Å²) in [5, 5.41) is 11.7. The average Bonchev–Trinajstić information content (AvgIpc) is 2.99. The quantitative estimate of drug-likeness (QED) is 0.600. The van der Waals surface area contributed by atoms with E-state index in [9.17, 15) is 4.79 Å². The fourth-order valence-corrected chi connectivity index (χ4v) is 2.75. The number of nitrogens with one attached hydrogen (secondary N) is 1. The maximum Gasteiger partial charge on any atom is 0.230 e. The maximum atomic E-state index is 11.8. The molecule has 0 aliphatic carbocycles. The SMILES string of the molecule is CCCCCNC(=O)CSc1nncn1-c1ccc(C)cc1. The summed E-state index contributed by atoms with van der Waals surface area (Å²) in [6.07, 6.45) is 5.01. The van der Waals surface area contributed by atoms with Gasteiger partial charge in [-0.1, -0.05) is 49.2 Å². The first-order valence-corrected chi connectivity index (χ1v) is 8.56. The lowest BCUT2D eigenvalue weighted by Crippen LogP contribution is -2.26. The molecule has 1 N–H and O–H groups in total. The number of aryl methyl sites for hydroxylation is 1. The highest BCUT2D eigenvalue weighted by Gasteiger charge is 2.09. The molecule has 0 radical (unpaired) electrons. The van der Waals surface area contributed by atoms with E-state index in [0.717, 1.165) is 36.7 Å². The zero-order chi connectivity index (χ0) is 15.8. The van der Waals surface area contributed by atoms with Gasteiger partial charge in [-0.2, -0.15) is 0 Å². The summed E-state index contributed by atoms with van der Waals surface area (Å²) < 4.78 is 1.90. The number of aromatic nitrogens is 3. The fourth-order valence-electron chi connectivity index (χ4n) is 1.99. The molecule has 0 saturated carbocycles. The van der Waals surface area contributed by atoms with Crippen LogP contribution in [-0.4, -0.2) is 33.0 Å².